The average molecular weight is 456 g/mol. The molecule has 0 aliphatic carbocycles. The molecule has 0 aliphatic rings. The van der Waals surface area contributed by atoms with Crippen LogP contribution in [0.1, 0.15) is 12.5 Å². The van der Waals surface area contributed by atoms with Gasteiger partial charge in [0.25, 0.3) is 5.91 Å². The molecule has 2 amide bonds. The van der Waals surface area contributed by atoms with E-state index in [1.54, 1.807) is 24.3 Å². The van der Waals surface area contributed by atoms with Gasteiger partial charge in [0.1, 0.15) is 5.75 Å². The first-order chi connectivity index (χ1) is 11.3. The molecular formula is C17H16Br2N2O3. The number of amides is 2. The summed E-state index contributed by atoms with van der Waals surface area (Å²) >= 11 is 6.82. The van der Waals surface area contributed by atoms with Crippen LogP contribution in [0.5, 0.6) is 5.75 Å². The number of anilines is 2. The van der Waals surface area contributed by atoms with E-state index in [1.165, 1.54) is 6.92 Å². The highest BCUT2D eigenvalue weighted by atomic mass is 79.9. The molecule has 0 saturated carbocycles. The summed E-state index contributed by atoms with van der Waals surface area (Å²) in [5, 5.41) is 5.40. The van der Waals surface area contributed by atoms with Crippen molar-refractivity contribution in [1.82, 2.24) is 0 Å². The van der Waals surface area contributed by atoms with E-state index in [4.69, 9.17) is 4.74 Å². The Kier molecular flexibility index (Phi) is 6.39. The number of halogens is 2. The second kappa shape index (κ2) is 8.30. The molecule has 0 saturated heterocycles. The maximum absolute atomic E-state index is 12.1. The second-order valence-electron chi connectivity index (χ2n) is 5.13. The van der Waals surface area contributed by atoms with Crippen molar-refractivity contribution in [2.75, 3.05) is 17.2 Å². The van der Waals surface area contributed by atoms with Crippen LogP contribution >= 0.6 is 31.9 Å². The SMILES string of the molecule is CC(=O)Nc1cccc(NC(=O)COc2c(C)cc(Br)cc2Br)c1. The molecular weight excluding hydrogens is 440 g/mol. The fraction of sp³-hybridized carbons (Fsp3) is 0.176. The molecule has 0 aliphatic heterocycles. The van der Waals surface area contributed by atoms with Crippen molar-refractivity contribution in [3.8, 4) is 5.75 Å². The molecule has 24 heavy (non-hydrogen) atoms. The summed E-state index contributed by atoms with van der Waals surface area (Å²) in [5.41, 5.74) is 2.12. The summed E-state index contributed by atoms with van der Waals surface area (Å²) in [7, 11) is 0. The van der Waals surface area contributed by atoms with Crippen LogP contribution in [0, 0.1) is 6.92 Å². The van der Waals surface area contributed by atoms with Crippen LogP contribution < -0.4 is 15.4 Å². The zero-order valence-electron chi connectivity index (χ0n) is 13.2. The topological polar surface area (TPSA) is 67.4 Å². The highest BCUT2D eigenvalue weighted by Gasteiger charge is 2.10. The third-order valence-electron chi connectivity index (χ3n) is 3.01. The fourth-order valence-electron chi connectivity index (χ4n) is 2.08. The van der Waals surface area contributed by atoms with Crippen LogP contribution in [-0.2, 0) is 9.59 Å². The minimum atomic E-state index is -0.288. The predicted molar refractivity (Wildman–Crippen MR) is 101 cm³/mol. The molecule has 0 bridgehead atoms. The highest BCUT2D eigenvalue weighted by Crippen LogP contribution is 2.32. The predicted octanol–water partition coefficient (Wildman–Crippen LogP) is 4.50. The molecule has 126 valence electrons. The summed E-state index contributed by atoms with van der Waals surface area (Å²) in [6.07, 6.45) is 0. The number of aryl methyl sites for hydroxylation is 1. The zero-order chi connectivity index (χ0) is 17.7. The minimum Gasteiger partial charge on any atom is -0.482 e. The first kappa shape index (κ1) is 18.5. The molecule has 2 aromatic rings. The Morgan fingerprint density at radius 1 is 1.08 bits per heavy atom. The van der Waals surface area contributed by atoms with Gasteiger partial charge >= 0.3 is 0 Å². The van der Waals surface area contributed by atoms with Gasteiger partial charge in [-0.2, -0.15) is 0 Å². The Bertz CT molecular complexity index is 755. The Hall–Kier alpha value is -1.86. The van der Waals surface area contributed by atoms with Crippen molar-refractivity contribution in [3.05, 3.63) is 50.9 Å². The smallest absolute Gasteiger partial charge is 0.262 e. The first-order valence-corrected chi connectivity index (χ1v) is 8.69. The van der Waals surface area contributed by atoms with Crippen LogP contribution in [0.4, 0.5) is 11.4 Å². The molecule has 0 fully saturated rings. The van der Waals surface area contributed by atoms with Crippen molar-refractivity contribution in [3.63, 3.8) is 0 Å². The number of hydrogen-bond acceptors (Lipinski definition) is 3. The van der Waals surface area contributed by atoms with Crippen LogP contribution in [-0.4, -0.2) is 18.4 Å². The first-order valence-electron chi connectivity index (χ1n) is 7.11. The second-order valence-corrected chi connectivity index (χ2v) is 6.90. The van der Waals surface area contributed by atoms with Crippen molar-refractivity contribution in [2.24, 2.45) is 0 Å². The number of ether oxygens (including phenoxy) is 1. The van der Waals surface area contributed by atoms with E-state index in [-0.39, 0.29) is 18.4 Å². The Balaban J connectivity index is 1.98. The fourth-order valence-corrected chi connectivity index (χ4v) is 3.64. The summed E-state index contributed by atoms with van der Waals surface area (Å²) < 4.78 is 7.30. The van der Waals surface area contributed by atoms with Gasteiger partial charge in [-0.25, -0.2) is 0 Å². The summed E-state index contributed by atoms with van der Waals surface area (Å²) in [6, 6.07) is 10.7. The van der Waals surface area contributed by atoms with E-state index in [2.05, 4.69) is 42.5 Å². The molecule has 2 aromatic carbocycles. The zero-order valence-corrected chi connectivity index (χ0v) is 16.3. The van der Waals surface area contributed by atoms with E-state index in [1.807, 2.05) is 19.1 Å². The maximum Gasteiger partial charge on any atom is 0.262 e. The number of carbonyl (C=O) groups excluding carboxylic acids is 2. The normalized spacial score (nSPS) is 10.2. The monoisotopic (exact) mass is 454 g/mol. The van der Waals surface area contributed by atoms with Gasteiger partial charge in [-0.1, -0.05) is 22.0 Å². The van der Waals surface area contributed by atoms with Gasteiger partial charge in [0.15, 0.2) is 6.61 Å². The van der Waals surface area contributed by atoms with Crippen molar-refractivity contribution in [2.45, 2.75) is 13.8 Å². The summed E-state index contributed by atoms with van der Waals surface area (Å²) in [6.45, 7) is 3.21. The lowest BCUT2D eigenvalue weighted by molar-refractivity contribution is -0.118. The van der Waals surface area contributed by atoms with Crippen LogP contribution in [0.25, 0.3) is 0 Å². The lowest BCUT2D eigenvalue weighted by Gasteiger charge is -2.12. The molecule has 7 heteroatoms. The molecule has 0 spiro atoms. The van der Waals surface area contributed by atoms with E-state index >= 15 is 0 Å². The Morgan fingerprint density at radius 3 is 2.38 bits per heavy atom. The quantitative estimate of drug-likeness (QED) is 0.697. The Morgan fingerprint density at radius 2 is 1.75 bits per heavy atom. The average Bonchev–Trinajstić information content (AvgIpc) is 2.45. The van der Waals surface area contributed by atoms with Gasteiger partial charge in [-0.3, -0.25) is 9.59 Å². The molecule has 0 unspecified atom stereocenters. The van der Waals surface area contributed by atoms with Gasteiger partial charge in [-0.15, -0.1) is 0 Å². The van der Waals surface area contributed by atoms with Crippen LogP contribution in [0.15, 0.2) is 45.3 Å². The number of nitrogens with one attached hydrogen (secondary N) is 2. The largest absolute Gasteiger partial charge is 0.482 e. The van der Waals surface area contributed by atoms with Gasteiger partial charge in [-0.05, 0) is 58.7 Å². The van der Waals surface area contributed by atoms with Crippen LogP contribution in [0.3, 0.4) is 0 Å². The van der Waals surface area contributed by atoms with Gasteiger partial charge in [0, 0.05) is 22.8 Å². The number of benzene rings is 2. The van der Waals surface area contributed by atoms with Crippen molar-refractivity contribution >= 4 is 55.0 Å². The lowest BCUT2D eigenvalue weighted by atomic mass is 10.2. The van der Waals surface area contributed by atoms with Crippen molar-refractivity contribution in [1.29, 1.82) is 0 Å². The highest BCUT2D eigenvalue weighted by molar-refractivity contribution is 9.11. The molecule has 0 aromatic heterocycles. The Labute approximate surface area is 157 Å². The van der Waals surface area contributed by atoms with Gasteiger partial charge in [0.05, 0.1) is 4.47 Å². The van der Waals surface area contributed by atoms with E-state index in [9.17, 15) is 9.59 Å². The van der Waals surface area contributed by atoms with E-state index in [0.717, 1.165) is 14.5 Å². The molecule has 0 atom stereocenters. The number of carbonyl (C=O) groups is 2. The minimum absolute atomic E-state index is 0.120. The molecule has 5 nitrogen and oxygen atoms in total. The van der Waals surface area contributed by atoms with Crippen LogP contribution in [0.2, 0.25) is 0 Å². The number of rotatable bonds is 5. The number of hydrogen-bond donors (Lipinski definition) is 2. The van der Waals surface area contributed by atoms with Gasteiger partial charge < -0.3 is 15.4 Å². The summed E-state index contributed by atoms with van der Waals surface area (Å²) in [4.78, 5) is 23.1. The van der Waals surface area contributed by atoms with Gasteiger partial charge in [0.2, 0.25) is 5.91 Å². The lowest BCUT2D eigenvalue weighted by Crippen LogP contribution is -2.20. The molecule has 2 N–H and O–H groups in total. The maximum atomic E-state index is 12.1. The molecule has 2 rings (SSSR count). The third kappa shape index (κ3) is 5.35. The van der Waals surface area contributed by atoms with Crippen molar-refractivity contribution < 1.29 is 14.3 Å². The van der Waals surface area contributed by atoms with E-state index < -0.39 is 0 Å². The summed E-state index contributed by atoms with van der Waals surface area (Å²) in [5.74, 6) is 0.168. The standard InChI is InChI=1S/C17H16Br2N2O3/c1-10-6-12(18)7-15(19)17(10)24-9-16(23)21-14-5-3-4-13(8-14)20-11(2)22/h3-8H,9H2,1-2H3,(H,20,22)(H,21,23). The third-order valence-corrected chi connectivity index (χ3v) is 4.06. The van der Waals surface area contributed by atoms with E-state index in [0.29, 0.717) is 17.1 Å². The molecule has 0 radical (unpaired) electrons. The molecule has 0 heterocycles.